The molecule has 0 saturated heterocycles. The molecule has 0 aromatic heterocycles. The molecule has 110 valence electrons. The molecular formula is C15H38IN. The summed E-state index contributed by atoms with van der Waals surface area (Å²) in [7, 11) is 0. The molecule has 0 rings (SSSR count). The largest absolute Gasteiger partial charge is 0.248 e. The molecule has 0 bridgehead atoms. The summed E-state index contributed by atoms with van der Waals surface area (Å²) in [6.07, 6.45) is 3.82. The van der Waals surface area contributed by atoms with E-state index in [-0.39, 0.29) is 0 Å². The van der Waals surface area contributed by atoms with Gasteiger partial charge in [0.05, 0.1) is 0 Å². The monoisotopic (exact) mass is 359 g/mol. The summed E-state index contributed by atoms with van der Waals surface area (Å²) in [4.78, 5) is 0. The van der Waals surface area contributed by atoms with Crippen molar-refractivity contribution in [2.24, 2.45) is 5.92 Å². The fourth-order valence-corrected chi connectivity index (χ4v) is 0.883. The van der Waals surface area contributed by atoms with Gasteiger partial charge in [0.15, 0.2) is 0 Å². The van der Waals surface area contributed by atoms with Crippen LogP contribution in [0.1, 0.15) is 81.6 Å². The van der Waals surface area contributed by atoms with Gasteiger partial charge < -0.3 is 0 Å². The van der Waals surface area contributed by atoms with Gasteiger partial charge >= 0.3 is 0 Å². The first-order valence-corrected chi connectivity index (χ1v) is 8.36. The van der Waals surface area contributed by atoms with Gasteiger partial charge in [0.2, 0.25) is 0 Å². The molecule has 1 nitrogen and oxygen atoms in total. The number of hydrogen-bond acceptors (Lipinski definition) is 1. The van der Waals surface area contributed by atoms with Gasteiger partial charge in [-0.1, -0.05) is 75.2 Å². The molecule has 0 fully saturated rings. The Balaban J connectivity index is -0.0000000743. The van der Waals surface area contributed by atoms with Crippen molar-refractivity contribution in [1.82, 2.24) is 3.11 Å². The van der Waals surface area contributed by atoms with E-state index in [1.165, 1.54) is 25.8 Å². The maximum Gasteiger partial charge on any atom is 0.0201 e. The van der Waals surface area contributed by atoms with E-state index >= 15 is 0 Å². The highest BCUT2D eigenvalue weighted by atomic mass is 127. The van der Waals surface area contributed by atoms with Crippen LogP contribution in [0.3, 0.4) is 0 Å². The lowest BCUT2D eigenvalue weighted by Gasteiger charge is -2.07. The minimum absolute atomic E-state index is 0.884. The number of nitrogens with zero attached hydrogens (tertiary/aromatic N) is 1. The average molecular weight is 359 g/mol. The predicted octanol–water partition coefficient (Wildman–Crippen LogP) is 6.56. The van der Waals surface area contributed by atoms with Crippen molar-refractivity contribution in [3.63, 3.8) is 0 Å². The van der Waals surface area contributed by atoms with Crippen molar-refractivity contribution >= 4 is 22.9 Å². The maximum atomic E-state index is 2.34. The molecule has 0 spiro atoms. The molecule has 17 heavy (non-hydrogen) atoms. The highest BCUT2D eigenvalue weighted by Gasteiger charge is 1.89. The third-order valence-electron chi connectivity index (χ3n) is 1.63. The summed E-state index contributed by atoms with van der Waals surface area (Å²) in [5.74, 6) is 0.884. The lowest BCUT2D eigenvalue weighted by Crippen LogP contribution is -2.09. The molecular weight excluding hydrogens is 321 g/mol. The molecule has 2 heteroatoms. The van der Waals surface area contributed by atoms with E-state index in [0.717, 1.165) is 12.5 Å². The van der Waals surface area contributed by atoms with Crippen LogP contribution in [0, 0.1) is 5.92 Å². The first kappa shape index (κ1) is 26.3. The lowest BCUT2D eigenvalue weighted by molar-refractivity contribution is 0.532. The van der Waals surface area contributed by atoms with Gasteiger partial charge in [-0.3, -0.25) is 0 Å². The Kier molecular flexibility index (Phi) is 46.5. The molecule has 0 aliphatic carbocycles. The van der Waals surface area contributed by atoms with Crippen LogP contribution in [0.25, 0.3) is 0 Å². The van der Waals surface area contributed by atoms with E-state index in [0.29, 0.717) is 0 Å². The zero-order valence-electron chi connectivity index (χ0n) is 13.9. The first-order valence-electron chi connectivity index (χ1n) is 7.40. The van der Waals surface area contributed by atoms with Crippen molar-refractivity contribution < 1.29 is 0 Å². The molecule has 0 saturated carbocycles. The minimum atomic E-state index is 0.884. The van der Waals surface area contributed by atoms with Crippen LogP contribution in [-0.4, -0.2) is 16.2 Å². The third kappa shape index (κ3) is 60.9. The zero-order valence-corrected chi connectivity index (χ0v) is 16.1. The van der Waals surface area contributed by atoms with Crippen LogP contribution < -0.4 is 0 Å². The summed E-state index contributed by atoms with van der Waals surface area (Å²) in [6.45, 7) is 21.6. The van der Waals surface area contributed by atoms with E-state index in [2.05, 4.69) is 74.4 Å². The second-order valence-electron chi connectivity index (χ2n) is 4.01. The smallest absolute Gasteiger partial charge is 0.0201 e. The molecule has 0 aromatic rings. The number of hydrogen-bond donors (Lipinski definition) is 0. The van der Waals surface area contributed by atoms with Crippen LogP contribution in [-0.2, 0) is 0 Å². The van der Waals surface area contributed by atoms with Crippen molar-refractivity contribution in [2.75, 3.05) is 13.1 Å². The van der Waals surface area contributed by atoms with Crippen LogP contribution in [0.5, 0.6) is 0 Å². The topological polar surface area (TPSA) is 3.24 Å². The Morgan fingerprint density at radius 1 is 0.941 bits per heavy atom. The molecule has 0 atom stereocenters. The molecule has 0 unspecified atom stereocenters. The summed E-state index contributed by atoms with van der Waals surface area (Å²) in [6, 6.07) is 0. The van der Waals surface area contributed by atoms with Gasteiger partial charge in [-0.2, -0.15) is 0 Å². The molecule has 0 heterocycles. The van der Waals surface area contributed by atoms with Crippen LogP contribution >= 0.6 is 22.9 Å². The Morgan fingerprint density at radius 2 is 1.24 bits per heavy atom. The average Bonchev–Trinajstić information content (AvgIpc) is 2.33. The van der Waals surface area contributed by atoms with E-state index < -0.39 is 0 Å². The zero-order chi connectivity index (χ0) is 14.7. The van der Waals surface area contributed by atoms with Gasteiger partial charge in [-0.05, 0) is 12.3 Å². The molecule has 0 aliphatic rings. The van der Waals surface area contributed by atoms with Gasteiger partial charge in [-0.15, -0.1) is 0 Å². The van der Waals surface area contributed by atoms with Gasteiger partial charge in [0.1, 0.15) is 0 Å². The van der Waals surface area contributed by atoms with Crippen LogP contribution in [0.15, 0.2) is 0 Å². The summed E-state index contributed by atoms with van der Waals surface area (Å²) in [5, 5.41) is 0. The van der Waals surface area contributed by atoms with E-state index in [9.17, 15) is 0 Å². The standard InChI is InChI=1S/C5H12IN.C5H12.C3H8.C2H6/c1-3-5-7(6)4-2;1-4-5(2)3;1-3-2;1-2/h3-5H2,1-2H3;5H,4H2,1-3H3;3H2,1-2H3;1-2H3. The predicted molar refractivity (Wildman–Crippen MR) is 94.0 cm³/mol. The summed E-state index contributed by atoms with van der Waals surface area (Å²) in [5.41, 5.74) is 0. The summed E-state index contributed by atoms with van der Waals surface area (Å²) < 4.78 is 2.28. The van der Waals surface area contributed by atoms with Crippen LogP contribution in [0.2, 0.25) is 0 Å². The van der Waals surface area contributed by atoms with Gasteiger partial charge in [0.25, 0.3) is 0 Å². The Bertz CT molecular complexity index is 85.0. The summed E-state index contributed by atoms with van der Waals surface area (Å²) >= 11 is 2.34. The number of halogens is 1. The Labute approximate surface area is 126 Å². The highest BCUT2D eigenvalue weighted by molar-refractivity contribution is 14.1. The molecule has 0 N–H and O–H groups in total. The van der Waals surface area contributed by atoms with Gasteiger partial charge in [0, 0.05) is 36.0 Å². The fraction of sp³-hybridized carbons (Fsp3) is 1.00. The van der Waals surface area contributed by atoms with Crippen molar-refractivity contribution in [3.8, 4) is 0 Å². The minimum Gasteiger partial charge on any atom is -0.248 e. The van der Waals surface area contributed by atoms with Gasteiger partial charge in [-0.25, -0.2) is 3.11 Å². The molecule has 0 aliphatic heterocycles. The Morgan fingerprint density at radius 3 is 1.29 bits per heavy atom. The third-order valence-corrected chi connectivity index (χ3v) is 2.79. The first-order chi connectivity index (χ1) is 7.99. The SMILES string of the molecule is CC.CCC.CCC(C)C.CCCN(I)CC. The second kappa shape index (κ2) is 30.1. The van der Waals surface area contributed by atoms with E-state index in [4.69, 9.17) is 0 Å². The molecule has 0 amide bonds. The quantitative estimate of drug-likeness (QED) is 0.406. The normalized spacial score (nSPS) is 8.47. The van der Waals surface area contributed by atoms with Crippen LogP contribution in [0.4, 0.5) is 0 Å². The van der Waals surface area contributed by atoms with Crippen molar-refractivity contribution in [1.29, 1.82) is 0 Å². The molecule has 0 aromatic carbocycles. The Hall–Kier alpha value is 0.690. The number of rotatable bonds is 4. The van der Waals surface area contributed by atoms with Crippen molar-refractivity contribution in [2.45, 2.75) is 81.6 Å². The molecule has 0 radical (unpaired) electrons. The van der Waals surface area contributed by atoms with E-state index in [1.54, 1.807) is 0 Å². The lowest BCUT2D eigenvalue weighted by atomic mass is 10.2. The van der Waals surface area contributed by atoms with E-state index in [1.807, 2.05) is 13.8 Å². The van der Waals surface area contributed by atoms with Crippen molar-refractivity contribution in [3.05, 3.63) is 0 Å². The second-order valence-corrected chi connectivity index (χ2v) is 5.38. The maximum absolute atomic E-state index is 2.34. The highest BCUT2D eigenvalue weighted by Crippen LogP contribution is 1.96. The fourth-order valence-electron chi connectivity index (χ4n) is 0.401.